The number of nitrogens with zero attached hydrogens (tertiary/aromatic N) is 3. The van der Waals surface area contributed by atoms with Gasteiger partial charge in [-0.3, -0.25) is 4.79 Å². The molecule has 180 valence electrons. The summed E-state index contributed by atoms with van der Waals surface area (Å²) in [4.78, 5) is 17.1. The van der Waals surface area contributed by atoms with Crippen LogP contribution < -0.4 is 9.47 Å². The van der Waals surface area contributed by atoms with Gasteiger partial charge in [-0.2, -0.15) is 9.29 Å². The first-order valence-electron chi connectivity index (χ1n) is 10.6. The van der Waals surface area contributed by atoms with Crippen molar-refractivity contribution in [3.63, 3.8) is 0 Å². The summed E-state index contributed by atoms with van der Waals surface area (Å²) in [7, 11) is -0.759. The second-order valence-electron chi connectivity index (χ2n) is 7.78. The number of carbonyl (C=O) groups excluding carboxylic acids is 1. The van der Waals surface area contributed by atoms with Crippen LogP contribution in [0.5, 0.6) is 11.5 Å². The van der Waals surface area contributed by atoms with Crippen molar-refractivity contribution in [2.45, 2.75) is 37.3 Å². The highest BCUT2D eigenvalue weighted by atomic mass is 32.2. The van der Waals surface area contributed by atoms with Gasteiger partial charge >= 0.3 is 5.97 Å². The highest BCUT2D eigenvalue weighted by molar-refractivity contribution is 7.89. The lowest BCUT2D eigenvalue weighted by Crippen LogP contribution is -2.41. The fourth-order valence-electron chi connectivity index (χ4n) is 3.74. The van der Waals surface area contributed by atoms with Gasteiger partial charge in [0.1, 0.15) is 6.04 Å². The summed E-state index contributed by atoms with van der Waals surface area (Å²) in [5.74, 6) is 0.791. The molecule has 0 bridgehead atoms. The third-order valence-electron chi connectivity index (χ3n) is 5.55. The molecule has 1 aliphatic heterocycles. The van der Waals surface area contributed by atoms with Crippen LogP contribution in [0.15, 0.2) is 51.9 Å². The van der Waals surface area contributed by atoms with E-state index >= 15 is 0 Å². The van der Waals surface area contributed by atoms with Crippen LogP contribution in [0.4, 0.5) is 0 Å². The molecule has 1 atom stereocenters. The van der Waals surface area contributed by atoms with Crippen LogP contribution in [0, 0.1) is 6.92 Å². The van der Waals surface area contributed by atoms with E-state index in [0.717, 1.165) is 5.56 Å². The molecule has 3 aromatic rings. The Morgan fingerprint density at radius 2 is 1.85 bits per heavy atom. The fourth-order valence-corrected chi connectivity index (χ4v) is 5.39. The largest absolute Gasteiger partial charge is 0.493 e. The number of aromatic nitrogens is 2. The zero-order valence-electron chi connectivity index (χ0n) is 19.1. The molecule has 0 radical (unpaired) electrons. The summed E-state index contributed by atoms with van der Waals surface area (Å²) in [6, 6.07) is 10.8. The van der Waals surface area contributed by atoms with Crippen molar-refractivity contribution in [2.75, 3.05) is 20.8 Å². The van der Waals surface area contributed by atoms with Crippen molar-refractivity contribution in [3.05, 3.63) is 53.9 Å². The van der Waals surface area contributed by atoms with Crippen LogP contribution >= 0.6 is 0 Å². The van der Waals surface area contributed by atoms with E-state index in [1.807, 2.05) is 6.92 Å². The summed E-state index contributed by atoms with van der Waals surface area (Å²) in [6.07, 6.45) is 0.944. The quantitative estimate of drug-likeness (QED) is 0.441. The normalized spacial score (nSPS) is 16.4. The predicted molar refractivity (Wildman–Crippen MR) is 121 cm³/mol. The molecule has 10 nitrogen and oxygen atoms in total. The van der Waals surface area contributed by atoms with Crippen LogP contribution in [0.1, 0.15) is 24.3 Å². The number of benzene rings is 2. The summed E-state index contributed by atoms with van der Waals surface area (Å²) in [5, 5.41) is 3.91. The zero-order valence-corrected chi connectivity index (χ0v) is 19.9. The van der Waals surface area contributed by atoms with Gasteiger partial charge in [0.15, 0.2) is 18.1 Å². The van der Waals surface area contributed by atoms with Crippen molar-refractivity contribution in [1.82, 2.24) is 14.4 Å². The molecule has 0 amide bonds. The average molecular weight is 488 g/mol. The molecular weight excluding hydrogens is 462 g/mol. The van der Waals surface area contributed by atoms with Crippen molar-refractivity contribution >= 4 is 16.0 Å². The summed E-state index contributed by atoms with van der Waals surface area (Å²) in [5.41, 5.74) is 1.58. The van der Waals surface area contributed by atoms with Gasteiger partial charge in [0, 0.05) is 12.1 Å². The summed E-state index contributed by atoms with van der Waals surface area (Å²) in [6.45, 7) is 1.86. The van der Waals surface area contributed by atoms with Crippen LogP contribution in [0.25, 0.3) is 11.4 Å². The molecule has 0 saturated carbocycles. The van der Waals surface area contributed by atoms with Gasteiger partial charge in [0.2, 0.25) is 15.8 Å². The van der Waals surface area contributed by atoms with Gasteiger partial charge in [0.25, 0.3) is 5.89 Å². The number of esters is 1. The molecule has 34 heavy (non-hydrogen) atoms. The lowest BCUT2D eigenvalue weighted by Gasteiger charge is -2.22. The van der Waals surface area contributed by atoms with Crippen LogP contribution in [0.3, 0.4) is 0 Å². The second-order valence-corrected chi connectivity index (χ2v) is 9.67. The molecule has 4 rings (SSSR count). The maximum Gasteiger partial charge on any atom is 0.324 e. The maximum atomic E-state index is 13.1. The molecule has 0 spiro atoms. The Bertz CT molecular complexity index is 1270. The van der Waals surface area contributed by atoms with Gasteiger partial charge in [-0.25, -0.2) is 8.42 Å². The van der Waals surface area contributed by atoms with E-state index in [4.69, 9.17) is 18.7 Å². The molecule has 1 saturated heterocycles. The van der Waals surface area contributed by atoms with Gasteiger partial charge in [-0.1, -0.05) is 22.9 Å². The van der Waals surface area contributed by atoms with E-state index < -0.39 is 22.0 Å². The Labute approximate surface area is 197 Å². The van der Waals surface area contributed by atoms with Gasteiger partial charge in [-0.15, -0.1) is 0 Å². The predicted octanol–water partition coefficient (Wildman–Crippen LogP) is 2.96. The SMILES string of the molecule is COc1ccc(-c2noc(COC(=O)C3CCCN3S(=O)(=O)c3ccc(C)cc3)n2)cc1OC. The van der Waals surface area contributed by atoms with E-state index in [1.54, 1.807) is 42.5 Å². The summed E-state index contributed by atoms with van der Waals surface area (Å²) >= 11 is 0. The summed E-state index contributed by atoms with van der Waals surface area (Å²) < 4.78 is 48.3. The molecule has 2 aromatic carbocycles. The number of methoxy groups -OCH3 is 2. The number of sulfonamides is 1. The minimum Gasteiger partial charge on any atom is -0.493 e. The standard InChI is InChI=1S/C23H25N3O7S/c1-15-6-9-17(10-7-15)34(28,29)26-12-4-5-18(26)23(27)32-14-21-24-22(25-33-21)16-8-11-19(30-2)20(13-16)31-3/h6-11,13,18H,4-5,12,14H2,1-3H3. The first kappa shape index (κ1) is 23.7. The molecular formula is C23H25N3O7S. The average Bonchev–Trinajstić information content (AvgIpc) is 3.53. The zero-order chi connectivity index (χ0) is 24.3. The molecule has 1 unspecified atom stereocenters. The topological polar surface area (TPSA) is 121 Å². The van der Waals surface area contributed by atoms with Gasteiger partial charge in [-0.05, 0) is 50.1 Å². The smallest absolute Gasteiger partial charge is 0.324 e. The molecule has 11 heteroatoms. The fraction of sp³-hybridized carbons (Fsp3) is 0.348. The van der Waals surface area contributed by atoms with E-state index in [1.165, 1.54) is 18.5 Å². The number of rotatable bonds is 8. The second kappa shape index (κ2) is 9.82. The van der Waals surface area contributed by atoms with E-state index in [0.29, 0.717) is 29.9 Å². The van der Waals surface area contributed by atoms with Crippen molar-refractivity contribution in [3.8, 4) is 22.9 Å². The lowest BCUT2D eigenvalue weighted by molar-refractivity contribution is -0.149. The van der Waals surface area contributed by atoms with E-state index in [9.17, 15) is 13.2 Å². The third kappa shape index (κ3) is 4.75. The van der Waals surface area contributed by atoms with Crippen molar-refractivity contribution in [1.29, 1.82) is 0 Å². The number of ether oxygens (including phenoxy) is 3. The number of hydrogen-bond donors (Lipinski definition) is 0. The Kier molecular flexibility index (Phi) is 6.85. The van der Waals surface area contributed by atoms with E-state index in [2.05, 4.69) is 10.1 Å². The Morgan fingerprint density at radius 1 is 1.12 bits per heavy atom. The Hall–Kier alpha value is -3.44. The molecule has 0 aliphatic carbocycles. The minimum absolute atomic E-state index is 0.0871. The maximum absolute atomic E-state index is 13.1. The molecule has 1 aliphatic rings. The Balaban J connectivity index is 1.43. The molecule has 1 fully saturated rings. The van der Waals surface area contributed by atoms with Crippen molar-refractivity contribution in [2.24, 2.45) is 0 Å². The third-order valence-corrected chi connectivity index (χ3v) is 7.47. The van der Waals surface area contributed by atoms with Crippen LogP contribution in [0.2, 0.25) is 0 Å². The molecule has 2 heterocycles. The van der Waals surface area contributed by atoms with E-state index in [-0.39, 0.29) is 29.8 Å². The highest BCUT2D eigenvalue weighted by Crippen LogP contribution is 2.31. The lowest BCUT2D eigenvalue weighted by atomic mass is 10.2. The number of aryl methyl sites for hydroxylation is 1. The highest BCUT2D eigenvalue weighted by Gasteiger charge is 2.40. The first-order valence-corrected chi connectivity index (χ1v) is 12.1. The monoisotopic (exact) mass is 487 g/mol. The van der Waals surface area contributed by atoms with Crippen LogP contribution in [-0.2, 0) is 26.2 Å². The van der Waals surface area contributed by atoms with Gasteiger partial charge < -0.3 is 18.7 Å². The molecule has 0 N–H and O–H groups in total. The minimum atomic E-state index is -3.82. The van der Waals surface area contributed by atoms with Gasteiger partial charge in [0.05, 0.1) is 19.1 Å². The van der Waals surface area contributed by atoms with Crippen molar-refractivity contribution < 1.29 is 31.9 Å². The first-order chi connectivity index (χ1) is 16.3. The van der Waals surface area contributed by atoms with Crippen LogP contribution in [-0.4, -0.2) is 55.6 Å². The Morgan fingerprint density at radius 3 is 2.56 bits per heavy atom. The molecule has 1 aromatic heterocycles. The number of hydrogen-bond acceptors (Lipinski definition) is 9. The number of carbonyl (C=O) groups is 1.